The average molecular weight is 314 g/mol. The Morgan fingerprint density at radius 3 is 2.61 bits per heavy atom. The third-order valence-electron chi connectivity index (χ3n) is 2.53. The minimum atomic E-state index is -0.512. The Kier molecular flexibility index (Phi) is 4.68. The third kappa shape index (κ3) is 3.42. The van der Waals surface area contributed by atoms with E-state index in [2.05, 4.69) is 22.5 Å². The molecule has 0 N–H and O–H groups in total. The van der Waals surface area contributed by atoms with Gasteiger partial charge in [0.25, 0.3) is 5.91 Å². The Hall–Kier alpha value is -1.16. The summed E-state index contributed by atoms with van der Waals surface area (Å²) in [5.41, 5.74) is -0.318. The van der Waals surface area contributed by atoms with Crippen molar-refractivity contribution in [2.75, 3.05) is 6.54 Å². The van der Waals surface area contributed by atoms with Crippen molar-refractivity contribution in [2.45, 2.75) is 26.3 Å². The van der Waals surface area contributed by atoms with Crippen LogP contribution in [0.25, 0.3) is 0 Å². The lowest BCUT2D eigenvalue weighted by Crippen LogP contribution is -2.46. The van der Waals surface area contributed by atoms with Crippen LogP contribution in [-0.4, -0.2) is 22.9 Å². The molecular weight excluding hydrogens is 297 g/mol. The molecule has 1 aromatic carbocycles. The Labute approximate surface area is 116 Å². The SMILES string of the molecule is C=CCN(C(=O)c1cc(Br)ccc1F)C(C)(C)C. The van der Waals surface area contributed by atoms with Crippen LogP contribution in [0.5, 0.6) is 0 Å². The number of benzene rings is 1. The highest BCUT2D eigenvalue weighted by Gasteiger charge is 2.27. The van der Waals surface area contributed by atoms with Crippen LogP contribution in [-0.2, 0) is 0 Å². The Morgan fingerprint density at radius 1 is 1.50 bits per heavy atom. The van der Waals surface area contributed by atoms with Gasteiger partial charge in [0.2, 0.25) is 0 Å². The Balaban J connectivity index is 3.17. The standard InChI is InChI=1S/C14H17BrFNO/c1-5-8-17(14(2,3)4)13(18)11-9-10(15)6-7-12(11)16/h5-7,9H,1,8H2,2-4H3. The van der Waals surface area contributed by atoms with Crippen LogP contribution in [0.3, 0.4) is 0 Å². The molecule has 0 aliphatic heterocycles. The van der Waals surface area contributed by atoms with Crippen LogP contribution in [0.15, 0.2) is 35.3 Å². The molecule has 2 nitrogen and oxygen atoms in total. The van der Waals surface area contributed by atoms with Gasteiger partial charge in [0.05, 0.1) is 5.56 Å². The first-order valence-corrected chi connectivity index (χ1v) is 6.44. The highest BCUT2D eigenvalue weighted by molar-refractivity contribution is 9.10. The second-order valence-corrected chi connectivity index (χ2v) is 5.92. The number of nitrogens with zero attached hydrogens (tertiary/aromatic N) is 1. The molecule has 4 heteroatoms. The van der Waals surface area contributed by atoms with Gasteiger partial charge in [-0.1, -0.05) is 22.0 Å². The molecule has 0 heterocycles. The zero-order chi connectivity index (χ0) is 13.9. The molecule has 0 aliphatic rings. The van der Waals surface area contributed by atoms with E-state index in [0.29, 0.717) is 11.0 Å². The van der Waals surface area contributed by atoms with Crippen LogP contribution in [0.1, 0.15) is 31.1 Å². The zero-order valence-electron chi connectivity index (χ0n) is 10.8. The van der Waals surface area contributed by atoms with Gasteiger partial charge in [0.15, 0.2) is 0 Å². The topological polar surface area (TPSA) is 20.3 Å². The lowest BCUT2D eigenvalue weighted by Gasteiger charge is -2.35. The van der Waals surface area contributed by atoms with Crippen molar-refractivity contribution >= 4 is 21.8 Å². The summed E-state index contributed by atoms with van der Waals surface area (Å²) in [5, 5.41) is 0. The molecule has 1 aromatic rings. The second-order valence-electron chi connectivity index (χ2n) is 5.00. The van der Waals surface area contributed by atoms with Crippen molar-refractivity contribution in [2.24, 2.45) is 0 Å². The first-order valence-electron chi connectivity index (χ1n) is 5.65. The van der Waals surface area contributed by atoms with Gasteiger partial charge in [-0.05, 0) is 39.0 Å². The van der Waals surface area contributed by atoms with Crippen molar-refractivity contribution in [3.63, 3.8) is 0 Å². The van der Waals surface area contributed by atoms with E-state index in [4.69, 9.17) is 0 Å². The predicted octanol–water partition coefficient (Wildman–Crippen LogP) is 4.01. The number of carbonyl (C=O) groups excluding carboxylic acids is 1. The molecule has 0 spiro atoms. The van der Waals surface area contributed by atoms with E-state index >= 15 is 0 Å². The van der Waals surface area contributed by atoms with E-state index in [1.807, 2.05) is 20.8 Å². The van der Waals surface area contributed by atoms with Gasteiger partial charge < -0.3 is 4.90 Å². The monoisotopic (exact) mass is 313 g/mol. The molecule has 0 unspecified atom stereocenters. The summed E-state index contributed by atoms with van der Waals surface area (Å²) in [4.78, 5) is 14.0. The van der Waals surface area contributed by atoms with E-state index in [-0.39, 0.29) is 17.0 Å². The molecule has 0 saturated carbocycles. The minimum Gasteiger partial charge on any atom is -0.330 e. The number of carbonyl (C=O) groups is 1. The maximum Gasteiger partial charge on any atom is 0.257 e. The maximum atomic E-state index is 13.7. The summed E-state index contributed by atoms with van der Waals surface area (Å²) < 4.78 is 14.4. The molecule has 98 valence electrons. The predicted molar refractivity (Wildman–Crippen MR) is 75.1 cm³/mol. The number of halogens is 2. The van der Waals surface area contributed by atoms with Gasteiger partial charge in [0, 0.05) is 16.6 Å². The number of hydrogen-bond donors (Lipinski definition) is 0. The molecule has 0 radical (unpaired) electrons. The Morgan fingerprint density at radius 2 is 2.11 bits per heavy atom. The first kappa shape index (κ1) is 14.9. The highest BCUT2D eigenvalue weighted by atomic mass is 79.9. The molecule has 0 aromatic heterocycles. The van der Waals surface area contributed by atoms with E-state index in [1.165, 1.54) is 12.1 Å². The van der Waals surface area contributed by atoms with Crippen molar-refractivity contribution in [3.8, 4) is 0 Å². The first-order chi connectivity index (χ1) is 8.27. The fourth-order valence-corrected chi connectivity index (χ4v) is 1.96. The molecule has 0 bridgehead atoms. The van der Waals surface area contributed by atoms with Crippen molar-refractivity contribution < 1.29 is 9.18 Å². The fourth-order valence-electron chi connectivity index (χ4n) is 1.60. The highest BCUT2D eigenvalue weighted by Crippen LogP contribution is 2.21. The maximum absolute atomic E-state index is 13.7. The van der Waals surface area contributed by atoms with Crippen molar-refractivity contribution in [1.29, 1.82) is 0 Å². The quantitative estimate of drug-likeness (QED) is 0.772. The molecular formula is C14H17BrFNO. The van der Waals surface area contributed by atoms with Gasteiger partial charge in [-0.2, -0.15) is 0 Å². The lowest BCUT2D eigenvalue weighted by molar-refractivity contribution is 0.0612. The zero-order valence-corrected chi connectivity index (χ0v) is 12.4. The van der Waals surface area contributed by atoms with Crippen LogP contribution in [0, 0.1) is 5.82 Å². The summed E-state index contributed by atoms with van der Waals surface area (Å²) in [5.74, 6) is -0.845. The summed E-state index contributed by atoms with van der Waals surface area (Å²) in [6.45, 7) is 9.74. The van der Waals surface area contributed by atoms with Gasteiger partial charge in [0.1, 0.15) is 5.82 Å². The van der Waals surface area contributed by atoms with Crippen LogP contribution < -0.4 is 0 Å². The molecule has 1 amide bonds. The summed E-state index contributed by atoms with van der Waals surface area (Å²) in [7, 11) is 0. The number of hydrogen-bond acceptors (Lipinski definition) is 1. The van der Waals surface area contributed by atoms with E-state index in [0.717, 1.165) is 0 Å². The molecule has 0 saturated heterocycles. The Bertz CT molecular complexity index is 465. The van der Waals surface area contributed by atoms with Gasteiger partial charge in [-0.25, -0.2) is 4.39 Å². The third-order valence-corrected chi connectivity index (χ3v) is 3.02. The average Bonchev–Trinajstić information content (AvgIpc) is 2.27. The smallest absolute Gasteiger partial charge is 0.257 e. The van der Waals surface area contributed by atoms with E-state index in [1.54, 1.807) is 17.0 Å². The van der Waals surface area contributed by atoms with E-state index < -0.39 is 5.82 Å². The van der Waals surface area contributed by atoms with E-state index in [9.17, 15) is 9.18 Å². The van der Waals surface area contributed by atoms with Gasteiger partial charge >= 0.3 is 0 Å². The largest absolute Gasteiger partial charge is 0.330 e. The van der Waals surface area contributed by atoms with Crippen LogP contribution >= 0.6 is 15.9 Å². The molecule has 0 fully saturated rings. The number of amides is 1. The number of rotatable bonds is 3. The molecule has 1 rings (SSSR count). The summed E-state index contributed by atoms with van der Waals surface area (Å²) in [6.07, 6.45) is 1.64. The van der Waals surface area contributed by atoms with Crippen LogP contribution in [0.2, 0.25) is 0 Å². The van der Waals surface area contributed by atoms with Crippen molar-refractivity contribution in [1.82, 2.24) is 4.90 Å². The molecule has 0 atom stereocenters. The molecule has 18 heavy (non-hydrogen) atoms. The van der Waals surface area contributed by atoms with Gasteiger partial charge in [-0.3, -0.25) is 4.79 Å². The van der Waals surface area contributed by atoms with Crippen molar-refractivity contribution in [3.05, 3.63) is 46.7 Å². The fraction of sp³-hybridized carbons (Fsp3) is 0.357. The normalized spacial score (nSPS) is 11.2. The minimum absolute atomic E-state index is 0.0705. The summed E-state index contributed by atoms with van der Waals surface area (Å²) >= 11 is 3.25. The van der Waals surface area contributed by atoms with Crippen LogP contribution in [0.4, 0.5) is 4.39 Å². The molecule has 0 aliphatic carbocycles. The van der Waals surface area contributed by atoms with Gasteiger partial charge in [-0.15, -0.1) is 6.58 Å². The second kappa shape index (κ2) is 5.65. The summed E-state index contributed by atoms with van der Waals surface area (Å²) in [6, 6.07) is 4.35. The lowest BCUT2D eigenvalue weighted by atomic mass is 10.0.